The van der Waals surface area contributed by atoms with Gasteiger partial charge in [0.1, 0.15) is 6.04 Å². The number of nitrogens with zero attached hydrogens (tertiary/aromatic N) is 1. The van der Waals surface area contributed by atoms with Crippen LogP contribution in [0.15, 0.2) is 0 Å². The van der Waals surface area contributed by atoms with E-state index < -0.39 is 0 Å². The van der Waals surface area contributed by atoms with Crippen LogP contribution in [-0.2, 0) is 9.53 Å². The topological polar surface area (TPSA) is 29.5 Å². The van der Waals surface area contributed by atoms with E-state index in [-0.39, 0.29) is 18.2 Å². The largest absolute Gasteiger partial charge is 0.445 e. The molecule has 0 aromatic heterocycles. The van der Waals surface area contributed by atoms with Crippen LogP contribution < -0.4 is 0 Å². The number of ether oxygens (including phenoxy) is 1. The highest BCUT2D eigenvalue weighted by Crippen LogP contribution is 2.27. The molecule has 0 bridgehead atoms. The van der Waals surface area contributed by atoms with Crippen LogP contribution in [0.2, 0.25) is 0 Å². The smallest absolute Gasteiger partial charge is 0.325 e. The predicted molar refractivity (Wildman–Crippen MR) is 35.3 cm³/mol. The Morgan fingerprint density at radius 3 is 3.20 bits per heavy atom. The lowest BCUT2D eigenvalue weighted by Gasteiger charge is -2.14. The first kappa shape index (κ1) is 6.16. The van der Waals surface area contributed by atoms with E-state index in [4.69, 9.17) is 4.74 Å². The number of hydrogen-bond acceptors (Lipinski definition) is 3. The summed E-state index contributed by atoms with van der Waals surface area (Å²) in [5, 5.41) is 0. The molecule has 2 saturated heterocycles. The second-order valence-electron chi connectivity index (χ2n) is 2.93. The van der Waals surface area contributed by atoms with E-state index >= 15 is 0 Å². The van der Waals surface area contributed by atoms with Gasteiger partial charge < -0.3 is 4.74 Å². The molecule has 3 nitrogen and oxygen atoms in total. The van der Waals surface area contributed by atoms with Crippen LogP contribution in [0.25, 0.3) is 0 Å². The second kappa shape index (κ2) is 1.95. The summed E-state index contributed by atoms with van der Waals surface area (Å²) in [7, 11) is 0. The summed E-state index contributed by atoms with van der Waals surface area (Å²) in [6.45, 7) is 2.96. The van der Waals surface area contributed by atoms with Gasteiger partial charge in [0, 0.05) is 6.54 Å². The second-order valence-corrected chi connectivity index (χ2v) is 2.93. The Balaban J connectivity index is 2.19. The van der Waals surface area contributed by atoms with Gasteiger partial charge in [-0.05, 0) is 19.8 Å². The summed E-state index contributed by atoms with van der Waals surface area (Å²) in [5.74, 6) is -0.0231. The molecule has 0 unspecified atom stereocenters. The number of hydrogen-bond donors (Lipinski definition) is 0. The van der Waals surface area contributed by atoms with Crippen molar-refractivity contribution in [3.63, 3.8) is 0 Å². The summed E-state index contributed by atoms with van der Waals surface area (Å²) in [6, 6.07) is 0.0926. The maximum absolute atomic E-state index is 11.0. The fourth-order valence-electron chi connectivity index (χ4n) is 1.79. The lowest BCUT2D eigenvalue weighted by atomic mass is 10.2. The average molecular weight is 141 g/mol. The van der Waals surface area contributed by atoms with Gasteiger partial charge in [-0.2, -0.15) is 0 Å². The van der Waals surface area contributed by atoms with E-state index in [2.05, 4.69) is 4.90 Å². The molecule has 0 radical (unpaired) electrons. The van der Waals surface area contributed by atoms with Gasteiger partial charge in [-0.25, -0.2) is 0 Å². The van der Waals surface area contributed by atoms with Gasteiger partial charge in [0.2, 0.25) is 0 Å². The van der Waals surface area contributed by atoms with Crippen LogP contribution in [0.3, 0.4) is 0 Å². The van der Waals surface area contributed by atoms with E-state index in [9.17, 15) is 4.79 Å². The summed E-state index contributed by atoms with van der Waals surface area (Å²) in [5.41, 5.74) is 0. The minimum Gasteiger partial charge on any atom is -0.445 e. The Morgan fingerprint density at radius 2 is 2.50 bits per heavy atom. The molecule has 0 aliphatic carbocycles. The fourth-order valence-corrected chi connectivity index (χ4v) is 1.79. The zero-order valence-electron chi connectivity index (χ0n) is 6.04. The minimum atomic E-state index is -0.0231. The lowest BCUT2D eigenvalue weighted by Crippen LogP contribution is -2.30. The van der Waals surface area contributed by atoms with Gasteiger partial charge >= 0.3 is 5.97 Å². The van der Waals surface area contributed by atoms with Crippen molar-refractivity contribution in [1.82, 2.24) is 4.90 Å². The molecule has 0 N–H and O–H groups in total. The van der Waals surface area contributed by atoms with Crippen molar-refractivity contribution in [2.24, 2.45) is 0 Å². The van der Waals surface area contributed by atoms with Crippen molar-refractivity contribution in [2.75, 3.05) is 6.54 Å². The summed E-state index contributed by atoms with van der Waals surface area (Å²) >= 11 is 0. The minimum absolute atomic E-state index is 0.0231. The number of fused-ring (bicyclic) bond motifs is 1. The molecule has 0 spiro atoms. The Bertz CT molecular complexity index is 169. The SMILES string of the molecule is C[C@H]1OC(=O)[C@@H]2CCCN12. The van der Waals surface area contributed by atoms with Gasteiger partial charge in [-0.1, -0.05) is 0 Å². The van der Waals surface area contributed by atoms with Gasteiger partial charge in [-0.15, -0.1) is 0 Å². The number of carbonyl (C=O) groups excluding carboxylic acids is 1. The molecule has 2 atom stereocenters. The Morgan fingerprint density at radius 1 is 1.70 bits per heavy atom. The molecule has 2 rings (SSSR count). The van der Waals surface area contributed by atoms with Gasteiger partial charge in [0.25, 0.3) is 0 Å². The van der Waals surface area contributed by atoms with Crippen molar-refractivity contribution in [3.8, 4) is 0 Å². The highest BCUT2D eigenvalue weighted by atomic mass is 16.6. The zero-order chi connectivity index (χ0) is 7.14. The van der Waals surface area contributed by atoms with Crippen LogP contribution in [0.1, 0.15) is 19.8 Å². The normalized spacial score (nSPS) is 39.9. The first-order valence-corrected chi connectivity index (χ1v) is 3.75. The van der Waals surface area contributed by atoms with Crippen LogP contribution in [0.4, 0.5) is 0 Å². The third-order valence-corrected chi connectivity index (χ3v) is 2.32. The van der Waals surface area contributed by atoms with Crippen molar-refractivity contribution >= 4 is 5.97 Å². The van der Waals surface area contributed by atoms with Crippen LogP contribution >= 0.6 is 0 Å². The van der Waals surface area contributed by atoms with Crippen LogP contribution in [-0.4, -0.2) is 29.7 Å². The summed E-state index contributed by atoms with van der Waals surface area (Å²) in [4.78, 5) is 13.1. The highest BCUT2D eigenvalue weighted by Gasteiger charge is 2.42. The molecule has 2 fully saturated rings. The molecule has 2 aliphatic rings. The monoisotopic (exact) mass is 141 g/mol. The number of cyclic esters (lactones) is 1. The van der Waals surface area contributed by atoms with Crippen molar-refractivity contribution in [1.29, 1.82) is 0 Å². The number of carbonyl (C=O) groups is 1. The highest BCUT2D eigenvalue weighted by molar-refractivity contribution is 5.78. The van der Waals surface area contributed by atoms with Gasteiger partial charge in [0.15, 0.2) is 6.23 Å². The lowest BCUT2D eigenvalue weighted by molar-refractivity contribution is -0.142. The molecule has 10 heavy (non-hydrogen) atoms. The predicted octanol–water partition coefficient (Wildman–Crippen LogP) is 0.354. The first-order chi connectivity index (χ1) is 4.79. The van der Waals surface area contributed by atoms with E-state index in [0.29, 0.717) is 0 Å². The quantitative estimate of drug-likeness (QED) is 0.456. The zero-order valence-corrected chi connectivity index (χ0v) is 6.04. The van der Waals surface area contributed by atoms with Crippen molar-refractivity contribution in [3.05, 3.63) is 0 Å². The first-order valence-electron chi connectivity index (χ1n) is 3.75. The average Bonchev–Trinajstić information content (AvgIpc) is 2.39. The molecule has 0 aromatic rings. The van der Waals surface area contributed by atoms with Crippen molar-refractivity contribution < 1.29 is 9.53 Å². The molecule has 2 aliphatic heterocycles. The van der Waals surface area contributed by atoms with Crippen LogP contribution in [0, 0.1) is 0 Å². The number of rotatable bonds is 0. The molecule has 0 saturated carbocycles. The maximum atomic E-state index is 11.0. The maximum Gasteiger partial charge on any atom is 0.325 e. The van der Waals surface area contributed by atoms with E-state index in [1.165, 1.54) is 0 Å². The molecule has 2 heterocycles. The standard InChI is InChI=1S/C7H11NO2/c1-5-8-4-2-3-6(8)7(9)10-5/h5-6H,2-4H2,1H3/t5-,6+/m1/s1. The van der Waals surface area contributed by atoms with Gasteiger partial charge in [-0.3, -0.25) is 9.69 Å². The fraction of sp³-hybridized carbons (Fsp3) is 0.857. The van der Waals surface area contributed by atoms with Gasteiger partial charge in [0.05, 0.1) is 0 Å². The molecule has 0 amide bonds. The molecule has 3 heteroatoms. The Hall–Kier alpha value is -0.570. The van der Waals surface area contributed by atoms with E-state index in [1.807, 2.05) is 6.92 Å². The van der Waals surface area contributed by atoms with Crippen molar-refractivity contribution in [2.45, 2.75) is 32.0 Å². The third kappa shape index (κ3) is 0.669. The molecule has 0 aromatic carbocycles. The summed E-state index contributed by atoms with van der Waals surface area (Å²) in [6.07, 6.45) is 2.16. The molecule has 56 valence electrons. The van der Waals surface area contributed by atoms with E-state index in [0.717, 1.165) is 19.4 Å². The third-order valence-electron chi connectivity index (χ3n) is 2.32. The Kier molecular flexibility index (Phi) is 1.20. The van der Waals surface area contributed by atoms with Crippen LogP contribution in [0.5, 0.6) is 0 Å². The number of esters is 1. The molecular weight excluding hydrogens is 130 g/mol. The summed E-state index contributed by atoms with van der Waals surface area (Å²) < 4.78 is 5.02. The van der Waals surface area contributed by atoms with E-state index in [1.54, 1.807) is 0 Å². The Labute approximate surface area is 60.0 Å². The molecular formula is C7H11NO2.